The van der Waals surface area contributed by atoms with E-state index < -0.39 is 0 Å². The summed E-state index contributed by atoms with van der Waals surface area (Å²) in [7, 11) is 0. The van der Waals surface area contributed by atoms with E-state index in [0.717, 1.165) is 24.0 Å². The van der Waals surface area contributed by atoms with E-state index in [1.54, 1.807) is 0 Å². The van der Waals surface area contributed by atoms with E-state index in [-0.39, 0.29) is 0 Å². The summed E-state index contributed by atoms with van der Waals surface area (Å²) in [5, 5.41) is 7.94. The van der Waals surface area contributed by atoms with Crippen LogP contribution in [-0.2, 0) is 13.0 Å². The van der Waals surface area contributed by atoms with E-state index >= 15 is 0 Å². The predicted octanol–water partition coefficient (Wildman–Crippen LogP) is 3.87. The maximum Gasteiger partial charge on any atom is 0.0522 e. The molecule has 0 saturated heterocycles. The fourth-order valence-corrected chi connectivity index (χ4v) is 2.96. The normalized spacial score (nSPS) is 12.6. The molecule has 1 aromatic carbocycles. The summed E-state index contributed by atoms with van der Waals surface area (Å²) < 4.78 is 3.11. The molecule has 20 heavy (non-hydrogen) atoms. The van der Waals surface area contributed by atoms with Crippen LogP contribution in [0.25, 0.3) is 0 Å². The van der Waals surface area contributed by atoms with E-state index in [1.807, 2.05) is 10.9 Å². The second kappa shape index (κ2) is 7.04. The number of hydrogen-bond donors (Lipinski definition) is 1. The molecule has 0 radical (unpaired) electrons. The van der Waals surface area contributed by atoms with Crippen LogP contribution in [0.4, 0.5) is 0 Å². The SMILES string of the molecule is CCNC(Cc1cnn(CC)c1)c1ccc(Br)cc1C. The average Bonchev–Trinajstić information content (AvgIpc) is 2.86. The first-order valence-corrected chi connectivity index (χ1v) is 7.94. The maximum atomic E-state index is 4.36. The largest absolute Gasteiger partial charge is 0.310 e. The predicted molar refractivity (Wildman–Crippen MR) is 86.9 cm³/mol. The number of rotatable bonds is 6. The third kappa shape index (κ3) is 3.70. The van der Waals surface area contributed by atoms with Crippen molar-refractivity contribution in [2.75, 3.05) is 6.54 Å². The highest BCUT2D eigenvalue weighted by molar-refractivity contribution is 9.10. The molecule has 0 aliphatic heterocycles. The van der Waals surface area contributed by atoms with Crippen LogP contribution in [0.3, 0.4) is 0 Å². The van der Waals surface area contributed by atoms with Gasteiger partial charge in [-0.1, -0.05) is 28.9 Å². The Morgan fingerprint density at radius 3 is 2.75 bits per heavy atom. The fourth-order valence-electron chi connectivity index (χ4n) is 2.49. The van der Waals surface area contributed by atoms with Gasteiger partial charge in [-0.15, -0.1) is 0 Å². The zero-order valence-corrected chi connectivity index (χ0v) is 13.9. The van der Waals surface area contributed by atoms with Crippen LogP contribution in [0.15, 0.2) is 35.1 Å². The van der Waals surface area contributed by atoms with Crippen molar-refractivity contribution >= 4 is 15.9 Å². The fraction of sp³-hybridized carbons (Fsp3) is 0.438. The van der Waals surface area contributed by atoms with Crippen LogP contribution in [0.1, 0.15) is 36.6 Å². The third-order valence-electron chi connectivity index (χ3n) is 3.51. The van der Waals surface area contributed by atoms with Crippen molar-refractivity contribution in [3.05, 3.63) is 51.8 Å². The van der Waals surface area contributed by atoms with Crippen molar-refractivity contribution < 1.29 is 0 Å². The third-order valence-corrected chi connectivity index (χ3v) is 4.00. The van der Waals surface area contributed by atoms with Crippen LogP contribution in [0.5, 0.6) is 0 Å². The molecule has 1 N–H and O–H groups in total. The van der Waals surface area contributed by atoms with Crippen molar-refractivity contribution in [2.45, 2.75) is 39.8 Å². The lowest BCUT2D eigenvalue weighted by Crippen LogP contribution is -2.23. The molecule has 1 atom stereocenters. The molecule has 4 heteroatoms. The molecule has 0 aliphatic rings. The van der Waals surface area contributed by atoms with Crippen molar-refractivity contribution in [1.82, 2.24) is 15.1 Å². The van der Waals surface area contributed by atoms with E-state index in [2.05, 4.69) is 71.5 Å². The highest BCUT2D eigenvalue weighted by atomic mass is 79.9. The van der Waals surface area contributed by atoms with Gasteiger partial charge in [0.15, 0.2) is 0 Å². The lowest BCUT2D eigenvalue weighted by Gasteiger charge is -2.20. The van der Waals surface area contributed by atoms with Gasteiger partial charge < -0.3 is 5.32 Å². The monoisotopic (exact) mass is 335 g/mol. The van der Waals surface area contributed by atoms with Crippen LogP contribution in [0.2, 0.25) is 0 Å². The van der Waals surface area contributed by atoms with Gasteiger partial charge in [-0.2, -0.15) is 5.10 Å². The van der Waals surface area contributed by atoms with E-state index in [9.17, 15) is 0 Å². The lowest BCUT2D eigenvalue weighted by atomic mass is 9.96. The first-order valence-electron chi connectivity index (χ1n) is 7.14. The summed E-state index contributed by atoms with van der Waals surface area (Å²) in [5.74, 6) is 0. The van der Waals surface area contributed by atoms with Crippen LogP contribution >= 0.6 is 15.9 Å². The second-order valence-corrected chi connectivity index (χ2v) is 5.94. The van der Waals surface area contributed by atoms with Gasteiger partial charge in [-0.3, -0.25) is 4.68 Å². The molecule has 3 nitrogen and oxygen atoms in total. The number of benzene rings is 1. The van der Waals surface area contributed by atoms with Crippen LogP contribution in [0, 0.1) is 6.92 Å². The molecule has 2 rings (SSSR count). The van der Waals surface area contributed by atoms with Gasteiger partial charge in [-0.25, -0.2) is 0 Å². The van der Waals surface area contributed by atoms with Crippen molar-refractivity contribution in [3.63, 3.8) is 0 Å². The minimum Gasteiger partial charge on any atom is -0.310 e. The summed E-state index contributed by atoms with van der Waals surface area (Å²) in [4.78, 5) is 0. The number of aryl methyl sites for hydroxylation is 2. The summed E-state index contributed by atoms with van der Waals surface area (Å²) in [6, 6.07) is 6.83. The molecule has 0 fully saturated rings. The number of nitrogens with one attached hydrogen (secondary N) is 1. The Balaban J connectivity index is 2.21. The zero-order chi connectivity index (χ0) is 14.5. The molecule has 1 unspecified atom stereocenters. The minimum absolute atomic E-state index is 0.336. The highest BCUT2D eigenvalue weighted by Crippen LogP contribution is 2.24. The molecule has 0 aliphatic carbocycles. The number of likely N-dealkylation sites (N-methyl/N-ethyl adjacent to an activating group) is 1. The van der Waals surface area contributed by atoms with Crippen molar-refractivity contribution in [2.24, 2.45) is 0 Å². The maximum absolute atomic E-state index is 4.36. The van der Waals surface area contributed by atoms with Crippen molar-refractivity contribution in [3.8, 4) is 0 Å². The minimum atomic E-state index is 0.336. The average molecular weight is 336 g/mol. The molecule has 1 aromatic heterocycles. The van der Waals surface area contributed by atoms with E-state index in [4.69, 9.17) is 0 Å². The lowest BCUT2D eigenvalue weighted by molar-refractivity contribution is 0.546. The Kier molecular flexibility index (Phi) is 5.38. The number of hydrogen-bond acceptors (Lipinski definition) is 2. The summed E-state index contributed by atoms with van der Waals surface area (Å²) >= 11 is 3.53. The van der Waals surface area contributed by atoms with Gasteiger partial charge in [0.05, 0.1) is 6.20 Å². The molecule has 2 aromatic rings. The Bertz CT molecular complexity index is 563. The first kappa shape index (κ1) is 15.3. The van der Waals surface area contributed by atoms with Crippen LogP contribution < -0.4 is 5.32 Å². The standard InChI is InChI=1S/C16H22BrN3/c1-4-18-16(9-13-10-19-20(5-2)11-13)15-7-6-14(17)8-12(15)3/h6-8,10-11,16,18H,4-5,9H2,1-3H3. The molecule has 0 saturated carbocycles. The van der Waals surface area contributed by atoms with Gasteiger partial charge in [0.1, 0.15) is 0 Å². The van der Waals surface area contributed by atoms with E-state index in [1.165, 1.54) is 16.7 Å². The molecule has 108 valence electrons. The van der Waals surface area contributed by atoms with Gasteiger partial charge in [0.25, 0.3) is 0 Å². The summed E-state index contributed by atoms with van der Waals surface area (Å²) in [6.07, 6.45) is 5.08. The Morgan fingerprint density at radius 1 is 1.35 bits per heavy atom. The Morgan fingerprint density at radius 2 is 2.15 bits per heavy atom. The molecule has 0 amide bonds. The molecule has 0 bridgehead atoms. The van der Waals surface area contributed by atoms with Crippen LogP contribution in [-0.4, -0.2) is 16.3 Å². The quantitative estimate of drug-likeness (QED) is 0.868. The molecule has 1 heterocycles. The number of aromatic nitrogens is 2. The van der Waals surface area contributed by atoms with Gasteiger partial charge in [0.2, 0.25) is 0 Å². The van der Waals surface area contributed by atoms with Gasteiger partial charge in [-0.05, 0) is 55.6 Å². The second-order valence-electron chi connectivity index (χ2n) is 5.02. The number of nitrogens with zero attached hydrogens (tertiary/aromatic N) is 2. The molecule has 0 spiro atoms. The molecular weight excluding hydrogens is 314 g/mol. The van der Waals surface area contributed by atoms with Gasteiger partial charge in [0, 0.05) is 23.3 Å². The Labute approximate surface area is 129 Å². The molecular formula is C16H22BrN3. The Hall–Kier alpha value is -1.13. The van der Waals surface area contributed by atoms with Gasteiger partial charge >= 0.3 is 0 Å². The first-order chi connectivity index (χ1) is 9.63. The summed E-state index contributed by atoms with van der Waals surface area (Å²) in [5.41, 5.74) is 3.95. The van der Waals surface area contributed by atoms with Crippen molar-refractivity contribution in [1.29, 1.82) is 0 Å². The smallest absolute Gasteiger partial charge is 0.0522 e. The topological polar surface area (TPSA) is 29.9 Å². The summed E-state index contributed by atoms with van der Waals surface area (Å²) in [6.45, 7) is 8.30. The number of halogens is 1. The van der Waals surface area contributed by atoms with E-state index in [0.29, 0.717) is 6.04 Å². The highest BCUT2D eigenvalue weighted by Gasteiger charge is 2.14. The zero-order valence-electron chi connectivity index (χ0n) is 12.4.